The monoisotopic (exact) mass is 450 g/mol. The van der Waals surface area contributed by atoms with Crippen LogP contribution in [0.4, 0.5) is 0 Å². The fourth-order valence-corrected chi connectivity index (χ4v) is 5.76. The van der Waals surface area contributed by atoms with Crippen LogP contribution in [0.3, 0.4) is 0 Å². The number of hydrogen-bond acceptors (Lipinski definition) is 5. The molecule has 1 aromatic heterocycles. The average molecular weight is 451 g/mol. The molecule has 0 bridgehead atoms. The van der Waals surface area contributed by atoms with Gasteiger partial charge in [0.1, 0.15) is 5.75 Å². The Kier molecular flexibility index (Phi) is 6.15. The number of fused-ring (bicyclic) bond motifs is 1. The number of ether oxygens (including phenoxy) is 1. The highest BCUT2D eigenvalue weighted by Gasteiger charge is 2.34. The largest absolute Gasteiger partial charge is 0.508 e. The lowest BCUT2D eigenvalue weighted by atomic mass is 10.0. The SMILES string of the molecule is CCOC(=O)c1c(CSc2ccccc2)n(C2CC2)c2ccc(O)c(CN3CCCC3)c12. The minimum Gasteiger partial charge on any atom is -0.508 e. The molecule has 0 radical (unpaired) electrons. The summed E-state index contributed by atoms with van der Waals surface area (Å²) in [7, 11) is 0. The number of phenols is 1. The predicted octanol–water partition coefficient (Wildman–Crippen LogP) is 5.75. The normalized spacial score (nSPS) is 16.7. The number of rotatable bonds is 8. The van der Waals surface area contributed by atoms with E-state index in [2.05, 4.69) is 21.6 Å². The van der Waals surface area contributed by atoms with Crippen LogP contribution in [-0.2, 0) is 17.0 Å². The number of benzene rings is 2. The molecule has 1 saturated heterocycles. The molecule has 32 heavy (non-hydrogen) atoms. The van der Waals surface area contributed by atoms with Crippen LogP contribution in [0.25, 0.3) is 10.9 Å². The Labute approximate surface area is 193 Å². The number of aromatic nitrogens is 1. The molecular weight excluding hydrogens is 420 g/mol. The molecule has 1 aliphatic carbocycles. The van der Waals surface area contributed by atoms with E-state index < -0.39 is 0 Å². The van der Waals surface area contributed by atoms with Crippen molar-refractivity contribution in [2.75, 3.05) is 19.7 Å². The van der Waals surface area contributed by atoms with Crippen LogP contribution < -0.4 is 0 Å². The van der Waals surface area contributed by atoms with Crippen LogP contribution in [0.15, 0.2) is 47.4 Å². The lowest BCUT2D eigenvalue weighted by molar-refractivity contribution is 0.0527. The van der Waals surface area contributed by atoms with Crippen LogP contribution in [0.5, 0.6) is 5.75 Å². The lowest BCUT2D eigenvalue weighted by Gasteiger charge is -2.17. The molecule has 1 N–H and O–H groups in total. The highest BCUT2D eigenvalue weighted by Crippen LogP contribution is 2.45. The van der Waals surface area contributed by atoms with Crippen molar-refractivity contribution >= 4 is 28.6 Å². The molecule has 2 heterocycles. The first-order chi connectivity index (χ1) is 15.7. The van der Waals surface area contributed by atoms with Gasteiger partial charge in [0.15, 0.2) is 0 Å². The highest BCUT2D eigenvalue weighted by atomic mass is 32.2. The van der Waals surface area contributed by atoms with Crippen molar-refractivity contribution in [3.05, 3.63) is 59.3 Å². The molecule has 2 aromatic carbocycles. The van der Waals surface area contributed by atoms with Gasteiger partial charge in [0, 0.05) is 45.4 Å². The van der Waals surface area contributed by atoms with Gasteiger partial charge in [-0.25, -0.2) is 4.79 Å². The smallest absolute Gasteiger partial charge is 0.340 e. The van der Waals surface area contributed by atoms with Crippen LogP contribution in [0, 0.1) is 0 Å². The van der Waals surface area contributed by atoms with Crippen molar-refractivity contribution in [1.29, 1.82) is 0 Å². The van der Waals surface area contributed by atoms with Gasteiger partial charge in [-0.2, -0.15) is 0 Å². The van der Waals surface area contributed by atoms with E-state index >= 15 is 0 Å². The molecule has 3 aromatic rings. The topological polar surface area (TPSA) is 54.7 Å². The standard InChI is InChI=1S/C26H30N2O3S/c1-2-31-26(30)25-22(17-32-19-8-4-3-5-9-19)28(18-10-11-18)21-12-13-23(29)20(24(21)25)16-27-14-6-7-15-27/h3-5,8-9,12-13,18,29H,2,6-7,10-11,14-17H2,1H3. The molecule has 5 rings (SSSR count). The summed E-state index contributed by atoms with van der Waals surface area (Å²) in [4.78, 5) is 16.9. The Morgan fingerprint density at radius 1 is 1.12 bits per heavy atom. The van der Waals surface area contributed by atoms with Crippen molar-refractivity contribution in [2.45, 2.75) is 55.8 Å². The van der Waals surface area contributed by atoms with Gasteiger partial charge in [0.25, 0.3) is 0 Å². The summed E-state index contributed by atoms with van der Waals surface area (Å²) in [5.74, 6) is 0.673. The van der Waals surface area contributed by atoms with E-state index in [1.807, 2.05) is 31.2 Å². The number of nitrogens with zero attached hydrogens (tertiary/aromatic N) is 2. The third-order valence-corrected chi connectivity index (χ3v) is 7.47. The van der Waals surface area contributed by atoms with Gasteiger partial charge in [-0.15, -0.1) is 11.8 Å². The summed E-state index contributed by atoms with van der Waals surface area (Å²) in [5, 5.41) is 11.8. The van der Waals surface area contributed by atoms with E-state index in [-0.39, 0.29) is 11.7 Å². The van der Waals surface area contributed by atoms with Crippen LogP contribution >= 0.6 is 11.8 Å². The average Bonchev–Trinajstić information content (AvgIpc) is 3.39. The van der Waals surface area contributed by atoms with Crippen LogP contribution in [-0.4, -0.2) is 40.2 Å². The molecule has 6 heteroatoms. The van der Waals surface area contributed by atoms with Crippen molar-refractivity contribution in [3.63, 3.8) is 0 Å². The van der Waals surface area contributed by atoms with E-state index in [1.165, 1.54) is 17.7 Å². The lowest BCUT2D eigenvalue weighted by Crippen LogP contribution is -2.19. The van der Waals surface area contributed by atoms with Crippen LogP contribution in [0.1, 0.15) is 60.3 Å². The Morgan fingerprint density at radius 2 is 1.88 bits per heavy atom. The van der Waals surface area contributed by atoms with Crippen molar-refractivity contribution < 1.29 is 14.6 Å². The van der Waals surface area contributed by atoms with E-state index in [0.717, 1.165) is 48.1 Å². The zero-order valence-corrected chi connectivity index (χ0v) is 19.4. The molecular formula is C26H30N2O3S. The first kappa shape index (κ1) is 21.4. The van der Waals surface area contributed by atoms with Gasteiger partial charge in [-0.05, 0) is 70.0 Å². The Bertz CT molecular complexity index is 1120. The summed E-state index contributed by atoms with van der Waals surface area (Å²) in [6, 6.07) is 14.5. The summed E-state index contributed by atoms with van der Waals surface area (Å²) in [6.07, 6.45) is 4.61. The summed E-state index contributed by atoms with van der Waals surface area (Å²) < 4.78 is 7.90. The zero-order valence-electron chi connectivity index (χ0n) is 18.5. The fourth-order valence-electron chi connectivity index (χ4n) is 4.82. The highest BCUT2D eigenvalue weighted by molar-refractivity contribution is 7.98. The van der Waals surface area contributed by atoms with E-state index in [4.69, 9.17) is 4.74 Å². The number of esters is 1. The molecule has 0 spiro atoms. The number of hydrogen-bond donors (Lipinski definition) is 1. The van der Waals surface area contributed by atoms with Crippen molar-refractivity contribution in [2.24, 2.45) is 0 Å². The maximum absolute atomic E-state index is 13.3. The second kappa shape index (κ2) is 9.20. The van der Waals surface area contributed by atoms with Crippen molar-refractivity contribution in [3.8, 4) is 5.75 Å². The fraction of sp³-hybridized carbons (Fsp3) is 0.423. The molecule has 168 valence electrons. The van der Waals surface area contributed by atoms with Crippen molar-refractivity contribution in [1.82, 2.24) is 9.47 Å². The van der Waals surface area contributed by atoms with E-state index in [1.54, 1.807) is 17.8 Å². The maximum atomic E-state index is 13.3. The number of carbonyl (C=O) groups excluding carboxylic acids is 1. The van der Waals surface area contributed by atoms with Gasteiger partial charge in [-0.3, -0.25) is 4.90 Å². The van der Waals surface area contributed by atoms with Gasteiger partial charge < -0.3 is 14.4 Å². The molecule has 2 aliphatic rings. The number of likely N-dealkylation sites (tertiary alicyclic amines) is 1. The molecule has 2 fully saturated rings. The summed E-state index contributed by atoms with van der Waals surface area (Å²) >= 11 is 1.74. The minimum atomic E-state index is -0.283. The molecule has 0 unspecified atom stereocenters. The maximum Gasteiger partial charge on any atom is 0.340 e. The Hall–Kier alpha value is -2.44. The number of thioether (sulfide) groups is 1. The Balaban J connectivity index is 1.66. The minimum absolute atomic E-state index is 0.269. The van der Waals surface area contributed by atoms with Gasteiger partial charge >= 0.3 is 5.97 Å². The molecule has 5 nitrogen and oxygen atoms in total. The van der Waals surface area contributed by atoms with Gasteiger partial charge in [-0.1, -0.05) is 18.2 Å². The van der Waals surface area contributed by atoms with E-state index in [9.17, 15) is 9.90 Å². The third-order valence-electron chi connectivity index (χ3n) is 6.45. The first-order valence-corrected chi connectivity index (χ1v) is 12.6. The second-order valence-electron chi connectivity index (χ2n) is 8.69. The quantitative estimate of drug-likeness (QED) is 0.350. The van der Waals surface area contributed by atoms with Gasteiger partial charge in [0.05, 0.1) is 12.2 Å². The third kappa shape index (κ3) is 4.14. The van der Waals surface area contributed by atoms with Gasteiger partial charge in [0.2, 0.25) is 0 Å². The van der Waals surface area contributed by atoms with E-state index in [0.29, 0.717) is 30.5 Å². The molecule has 0 amide bonds. The summed E-state index contributed by atoms with van der Waals surface area (Å²) in [5.41, 5.74) is 3.56. The number of aromatic hydroxyl groups is 1. The molecule has 1 saturated carbocycles. The Morgan fingerprint density at radius 3 is 2.56 bits per heavy atom. The van der Waals surface area contributed by atoms with Crippen LogP contribution in [0.2, 0.25) is 0 Å². The number of carbonyl (C=O) groups is 1. The first-order valence-electron chi connectivity index (χ1n) is 11.6. The number of phenolic OH excluding ortho intramolecular Hbond substituents is 1. The predicted molar refractivity (Wildman–Crippen MR) is 128 cm³/mol. The zero-order chi connectivity index (χ0) is 22.1. The molecule has 0 atom stereocenters. The molecule has 1 aliphatic heterocycles. The summed E-state index contributed by atoms with van der Waals surface area (Å²) in [6.45, 7) is 4.91. The second-order valence-corrected chi connectivity index (χ2v) is 9.73.